The minimum absolute atomic E-state index is 0.0146. The Balaban J connectivity index is 1.54. The van der Waals surface area contributed by atoms with Gasteiger partial charge in [0.15, 0.2) is 13.2 Å². The molecule has 0 atom stereocenters. The van der Waals surface area contributed by atoms with E-state index in [9.17, 15) is 14.0 Å². The van der Waals surface area contributed by atoms with Gasteiger partial charge >= 0.3 is 5.97 Å². The number of rotatable bonds is 7. The first kappa shape index (κ1) is 18.4. The number of hydrogen-bond acceptors (Lipinski definition) is 5. The lowest BCUT2D eigenvalue weighted by molar-refractivity contribution is -0.144. The monoisotopic (exact) mass is 368 g/mol. The molecule has 138 valence electrons. The first-order valence-electron chi connectivity index (χ1n) is 8.21. The van der Waals surface area contributed by atoms with Crippen LogP contribution in [0.2, 0.25) is 0 Å². The van der Waals surface area contributed by atoms with Gasteiger partial charge in [-0.25, -0.2) is 9.18 Å². The molecule has 0 saturated carbocycles. The molecule has 0 amide bonds. The van der Waals surface area contributed by atoms with Crippen LogP contribution in [0.4, 0.5) is 4.39 Å². The van der Waals surface area contributed by atoms with Gasteiger partial charge < -0.3 is 14.2 Å². The van der Waals surface area contributed by atoms with E-state index in [0.29, 0.717) is 5.75 Å². The molecular formula is C21H17FO5. The summed E-state index contributed by atoms with van der Waals surface area (Å²) in [4.78, 5) is 24.0. The van der Waals surface area contributed by atoms with Crippen molar-refractivity contribution < 1.29 is 28.2 Å². The molecule has 0 N–H and O–H groups in total. The normalized spacial score (nSPS) is 10.4. The highest BCUT2D eigenvalue weighted by Crippen LogP contribution is 2.21. The fraction of sp³-hybridized carbons (Fsp3) is 0.143. The van der Waals surface area contributed by atoms with Crippen molar-refractivity contribution >= 4 is 22.5 Å². The van der Waals surface area contributed by atoms with Crippen molar-refractivity contribution in [1.29, 1.82) is 0 Å². The van der Waals surface area contributed by atoms with E-state index in [1.54, 1.807) is 6.07 Å². The zero-order valence-corrected chi connectivity index (χ0v) is 14.6. The molecule has 0 saturated heterocycles. The summed E-state index contributed by atoms with van der Waals surface area (Å²) < 4.78 is 28.7. The van der Waals surface area contributed by atoms with Crippen molar-refractivity contribution in [2.45, 2.75) is 0 Å². The molecule has 0 unspecified atom stereocenters. The molecule has 0 aliphatic rings. The van der Waals surface area contributed by atoms with E-state index in [2.05, 4.69) is 0 Å². The van der Waals surface area contributed by atoms with Crippen LogP contribution in [0.25, 0.3) is 10.8 Å². The second-order valence-corrected chi connectivity index (χ2v) is 5.73. The number of carbonyl (C=O) groups excluding carboxylic acids is 2. The van der Waals surface area contributed by atoms with Crippen LogP contribution in [0.15, 0.2) is 60.7 Å². The van der Waals surface area contributed by atoms with E-state index < -0.39 is 24.2 Å². The van der Waals surface area contributed by atoms with E-state index in [1.807, 2.05) is 36.4 Å². The maximum absolute atomic E-state index is 13.3. The van der Waals surface area contributed by atoms with Crippen LogP contribution in [0.1, 0.15) is 10.4 Å². The van der Waals surface area contributed by atoms with Crippen LogP contribution in [-0.2, 0) is 9.53 Å². The fourth-order valence-electron chi connectivity index (χ4n) is 2.56. The van der Waals surface area contributed by atoms with Crippen LogP contribution >= 0.6 is 0 Å². The maximum atomic E-state index is 13.3. The standard InChI is InChI=1S/C21H17FO5/c1-25-20-9-7-16(22)11-18(20)19(23)12-27-21(24)13-26-17-8-6-14-4-2-3-5-15(14)10-17/h2-11H,12-13H2,1H3. The van der Waals surface area contributed by atoms with Gasteiger partial charge in [-0.3, -0.25) is 4.79 Å². The third-order valence-corrected chi connectivity index (χ3v) is 3.90. The number of fused-ring (bicyclic) bond motifs is 1. The molecule has 3 aromatic carbocycles. The second-order valence-electron chi connectivity index (χ2n) is 5.73. The SMILES string of the molecule is COc1ccc(F)cc1C(=O)COC(=O)COc1ccc2ccccc2c1. The van der Waals surface area contributed by atoms with E-state index in [0.717, 1.165) is 16.8 Å². The van der Waals surface area contributed by atoms with Crippen molar-refractivity contribution in [3.05, 3.63) is 72.0 Å². The Kier molecular flexibility index (Phi) is 5.66. The Bertz CT molecular complexity index is 983. The van der Waals surface area contributed by atoms with E-state index in [-0.39, 0.29) is 17.9 Å². The number of ether oxygens (including phenoxy) is 3. The molecule has 3 rings (SSSR count). The number of methoxy groups -OCH3 is 1. The minimum Gasteiger partial charge on any atom is -0.496 e. The minimum atomic E-state index is -0.702. The zero-order valence-electron chi connectivity index (χ0n) is 14.6. The van der Waals surface area contributed by atoms with Crippen molar-refractivity contribution in [3.8, 4) is 11.5 Å². The molecule has 0 fully saturated rings. The molecule has 6 heteroatoms. The summed E-state index contributed by atoms with van der Waals surface area (Å²) in [5.41, 5.74) is 0.0146. The molecular weight excluding hydrogens is 351 g/mol. The maximum Gasteiger partial charge on any atom is 0.344 e. The zero-order chi connectivity index (χ0) is 19.2. The van der Waals surface area contributed by atoms with Gasteiger partial charge in [-0.05, 0) is 41.1 Å². The van der Waals surface area contributed by atoms with Gasteiger partial charge in [0.05, 0.1) is 12.7 Å². The smallest absolute Gasteiger partial charge is 0.344 e. The number of ketones is 1. The van der Waals surface area contributed by atoms with Gasteiger partial charge in [0, 0.05) is 0 Å². The quantitative estimate of drug-likeness (QED) is 0.469. The number of Topliss-reactive ketones (excluding diaryl/α,β-unsaturated/α-hetero) is 1. The summed E-state index contributed by atoms with van der Waals surface area (Å²) in [6.07, 6.45) is 0. The molecule has 3 aromatic rings. The van der Waals surface area contributed by atoms with Gasteiger partial charge in [0.25, 0.3) is 0 Å². The Morgan fingerprint density at radius 2 is 1.70 bits per heavy atom. The van der Waals surface area contributed by atoms with Gasteiger partial charge in [0.1, 0.15) is 17.3 Å². The summed E-state index contributed by atoms with van der Waals surface area (Å²) in [5, 5.41) is 2.04. The van der Waals surface area contributed by atoms with Crippen LogP contribution < -0.4 is 9.47 Å². The van der Waals surface area contributed by atoms with Gasteiger partial charge in [0.2, 0.25) is 5.78 Å². The summed E-state index contributed by atoms with van der Waals surface area (Å²) >= 11 is 0. The predicted octanol–water partition coefficient (Wildman–Crippen LogP) is 3.79. The van der Waals surface area contributed by atoms with Crippen LogP contribution in [0, 0.1) is 5.82 Å². The molecule has 0 radical (unpaired) electrons. The molecule has 0 spiro atoms. The van der Waals surface area contributed by atoms with Crippen molar-refractivity contribution in [1.82, 2.24) is 0 Å². The Labute approximate surface area is 155 Å². The third-order valence-electron chi connectivity index (χ3n) is 3.90. The summed E-state index contributed by atoms with van der Waals surface area (Å²) in [6, 6.07) is 16.8. The summed E-state index contributed by atoms with van der Waals surface area (Å²) in [7, 11) is 1.37. The van der Waals surface area contributed by atoms with Crippen LogP contribution in [0.5, 0.6) is 11.5 Å². The number of hydrogen-bond donors (Lipinski definition) is 0. The average molecular weight is 368 g/mol. The Morgan fingerprint density at radius 3 is 2.48 bits per heavy atom. The molecule has 0 aromatic heterocycles. The summed E-state index contributed by atoms with van der Waals surface area (Å²) in [6.45, 7) is -0.869. The molecule has 5 nitrogen and oxygen atoms in total. The first-order valence-corrected chi connectivity index (χ1v) is 8.21. The largest absolute Gasteiger partial charge is 0.496 e. The molecule has 0 aliphatic carbocycles. The van der Waals surface area contributed by atoms with Crippen LogP contribution in [0.3, 0.4) is 0 Å². The van der Waals surface area contributed by atoms with Gasteiger partial charge in [-0.1, -0.05) is 30.3 Å². The third kappa shape index (κ3) is 4.61. The highest BCUT2D eigenvalue weighted by Gasteiger charge is 2.16. The average Bonchev–Trinajstić information content (AvgIpc) is 2.70. The van der Waals surface area contributed by atoms with E-state index >= 15 is 0 Å². The highest BCUT2D eigenvalue weighted by molar-refractivity contribution is 6.00. The van der Waals surface area contributed by atoms with E-state index in [4.69, 9.17) is 14.2 Å². The number of benzene rings is 3. The van der Waals surface area contributed by atoms with Gasteiger partial charge in [-0.15, -0.1) is 0 Å². The van der Waals surface area contributed by atoms with Gasteiger partial charge in [-0.2, -0.15) is 0 Å². The number of halogens is 1. The lowest BCUT2D eigenvalue weighted by Crippen LogP contribution is -2.20. The number of esters is 1. The van der Waals surface area contributed by atoms with E-state index in [1.165, 1.54) is 19.2 Å². The molecule has 0 bridgehead atoms. The second kappa shape index (κ2) is 8.31. The lowest BCUT2D eigenvalue weighted by atomic mass is 10.1. The van der Waals surface area contributed by atoms with Crippen molar-refractivity contribution in [2.75, 3.05) is 20.3 Å². The predicted molar refractivity (Wildman–Crippen MR) is 97.7 cm³/mol. The topological polar surface area (TPSA) is 61.8 Å². The Morgan fingerprint density at radius 1 is 0.926 bits per heavy atom. The lowest BCUT2D eigenvalue weighted by Gasteiger charge is -2.09. The van der Waals surface area contributed by atoms with Crippen molar-refractivity contribution in [2.24, 2.45) is 0 Å². The van der Waals surface area contributed by atoms with Crippen LogP contribution in [-0.4, -0.2) is 32.1 Å². The molecule has 0 aliphatic heterocycles. The first-order chi connectivity index (χ1) is 13.1. The highest BCUT2D eigenvalue weighted by atomic mass is 19.1. The number of carbonyl (C=O) groups is 2. The van der Waals surface area contributed by atoms with Crippen molar-refractivity contribution in [3.63, 3.8) is 0 Å². The fourth-order valence-corrected chi connectivity index (χ4v) is 2.56. The molecule has 0 heterocycles. The summed E-state index contributed by atoms with van der Waals surface area (Å²) in [5.74, 6) is -1.11. The Hall–Kier alpha value is -3.41. The molecule has 27 heavy (non-hydrogen) atoms.